The standard InChI is InChI=1S/C32H32F2N2O2S/c33-29-15-7-13-27(17-29)21-35(19-25-9-3-1-4-10-25)31-23-39(37,38)24-32(31)36(20-26-11-5-2-6-12-26)22-28-14-8-16-30(34)18-28/h1-18,31-32H,19-24H2/t31-,32-/m1/s1. The lowest BCUT2D eigenvalue weighted by Gasteiger charge is -2.38. The van der Waals surface area contributed by atoms with Gasteiger partial charge in [0, 0.05) is 38.3 Å². The average Bonchev–Trinajstić information content (AvgIpc) is 3.24. The molecule has 1 aliphatic rings. The molecule has 4 aromatic rings. The van der Waals surface area contributed by atoms with Crippen LogP contribution in [0.1, 0.15) is 22.3 Å². The summed E-state index contributed by atoms with van der Waals surface area (Å²) in [5.74, 6) is -0.623. The fourth-order valence-electron chi connectivity index (χ4n) is 5.46. The zero-order valence-corrected chi connectivity index (χ0v) is 22.5. The number of halogens is 2. The maximum Gasteiger partial charge on any atom is 0.153 e. The van der Waals surface area contributed by atoms with Crippen molar-refractivity contribution in [2.24, 2.45) is 0 Å². The summed E-state index contributed by atoms with van der Waals surface area (Å²) in [5, 5.41) is 0. The number of rotatable bonds is 10. The molecular weight excluding hydrogens is 514 g/mol. The van der Waals surface area contributed by atoms with Gasteiger partial charge in [0.05, 0.1) is 11.5 Å². The molecule has 1 heterocycles. The smallest absolute Gasteiger partial charge is 0.153 e. The van der Waals surface area contributed by atoms with Gasteiger partial charge in [0.25, 0.3) is 0 Å². The Labute approximate surface area is 229 Å². The summed E-state index contributed by atoms with van der Waals surface area (Å²) in [6, 6.07) is 32.1. The zero-order valence-electron chi connectivity index (χ0n) is 21.7. The monoisotopic (exact) mass is 546 g/mol. The van der Waals surface area contributed by atoms with Crippen LogP contribution in [-0.2, 0) is 36.0 Å². The van der Waals surface area contributed by atoms with Crippen LogP contribution >= 0.6 is 0 Å². The highest BCUT2D eigenvalue weighted by Crippen LogP contribution is 2.29. The predicted molar refractivity (Wildman–Crippen MR) is 150 cm³/mol. The van der Waals surface area contributed by atoms with Gasteiger partial charge in [-0.05, 0) is 46.5 Å². The molecule has 202 valence electrons. The molecule has 5 rings (SSSR count). The van der Waals surface area contributed by atoms with Gasteiger partial charge < -0.3 is 0 Å². The van der Waals surface area contributed by atoms with Crippen LogP contribution in [0, 0.1) is 11.6 Å². The van der Waals surface area contributed by atoms with E-state index in [0.717, 1.165) is 22.3 Å². The molecule has 39 heavy (non-hydrogen) atoms. The Kier molecular flexibility index (Phi) is 8.50. The second kappa shape index (κ2) is 12.2. The molecular formula is C32H32F2N2O2S. The fraction of sp³-hybridized carbons (Fsp3) is 0.250. The molecule has 0 saturated carbocycles. The Morgan fingerprint density at radius 3 is 1.28 bits per heavy atom. The number of benzene rings is 4. The van der Waals surface area contributed by atoms with Crippen LogP contribution in [0.2, 0.25) is 0 Å². The summed E-state index contributed by atoms with van der Waals surface area (Å²) < 4.78 is 54.6. The molecule has 1 aliphatic heterocycles. The van der Waals surface area contributed by atoms with Crippen molar-refractivity contribution in [3.05, 3.63) is 143 Å². The van der Waals surface area contributed by atoms with Gasteiger partial charge in [-0.2, -0.15) is 0 Å². The summed E-state index contributed by atoms with van der Waals surface area (Å²) in [5.41, 5.74) is 3.68. The molecule has 0 amide bonds. The molecule has 0 aromatic heterocycles. The first kappa shape index (κ1) is 27.2. The zero-order chi connectivity index (χ0) is 27.2. The number of sulfone groups is 1. The molecule has 4 aromatic carbocycles. The van der Waals surface area contributed by atoms with E-state index >= 15 is 0 Å². The van der Waals surface area contributed by atoms with Gasteiger partial charge >= 0.3 is 0 Å². The van der Waals surface area contributed by atoms with E-state index in [1.54, 1.807) is 12.1 Å². The van der Waals surface area contributed by atoms with Gasteiger partial charge in [-0.25, -0.2) is 17.2 Å². The van der Waals surface area contributed by atoms with Crippen molar-refractivity contribution in [3.63, 3.8) is 0 Å². The first-order valence-corrected chi connectivity index (χ1v) is 14.9. The van der Waals surface area contributed by atoms with Crippen LogP contribution in [0.5, 0.6) is 0 Å². The average molecular weight is 547 g/mol. The molecule has 0 N–H and O–H groups in total. The Bertz CT molecular complexity index is 1380. The number of nitrogens with zero attached hydrogens (tertiary/aromatic N) is 2. The van der Waals surface area contributed by atoms with Crippen LogP contribution in [-0.4, -0.2) is 41.8 Å². The highest BCUT2D eigenvalue weighted by Gasteiger charge is 2.44. The van der Waals surface area contributed by atoms with Crippen molar-refractivity contribution in [3.8, 4) is 0 Å². The minimum atomic E-state index is -3.35. The molecule has 4 nitrogen and oxygen atoms in total. The van der Waals surface area contributed by atoms with Crippen molar-refractivity contribution < 1.29 is 17.2 Å². The number of hydrogen-bond donors (Lipinski definition) is 0. The van der Waals surface area contributed by atoms with E-state index in [-0.39, 0.29) is 35.2 Å². The van der Waals surface area contributed by atoms with E-state index in [2.05, 4.69) is 9.80 Å². The Balaban J connectivity index is 1.52. The number of hydrogen-bond acceptors (Lipinski definition) is 4. The summed E-state index contributed by atoms with van der Waals surface area (Å²) >= 11 is 0. The molecule has 0 spiro atoms. The molecule has 1 fully saturated rings. The first-order valence-electron chi connectivity index (χ1n) is 13.1. The highest BCUT2D eigenvalue weighted by atomic mass is 32.2. The van der Waals surface area contributed by atoms with E-state index in [1.807, 2.05) is 72.8 Å². The van der Waals surface area contributed by atoms with Crippen molar-refractivity contribution in [2.45, 2.75) is 38.3 Å². The SMILES string of the molecule is O=S1(=O)C[C@@H](N(Cc2ccccc2)Cc2cccc(F)c2)[C@H](N(Cc2ccccc2)Cc2cccc(F)c2)C1. The molecule has 0 aliphatic carbocycles. The maximum atomic E-state index is 14.1. The summed E-state index contributed by atoms with van der Waals surface area (Å²) in [4.78, 5) is 4.31. The lowest BCUT2D eigenvalue weighted by molar-refractivity contribution is 0.0862. The van der Waals surface area contributed by atoms with Crippen LogP contribution < -0.4 is 0 Å². The van der Waals surface area contributed by atoms with E-state index < -0.39 is 9.84 Å². The quantitative estimate of drug-likeness (QED) is 0.251. The first-order chi connectivity index (χ1) is 18.8. The molecule has 0 radical (unpaired) electrons. The Morgan fingerprint density at radius 2 is 0.897 bits per heavy atom. The van der Waals surface area contributed by atoms with Crippen LogP contribution in [0.3, 0.4) is 0 Å². The Hall–Kier alpha value is -3.39. The molecule has 7 heteroatoms. The summed E-state index contributed by atoms with van der Waals surface area (Å²) in [7, 11) is -3.35. The van der Waals surface area contributed by atoms with Crippen LogP contribution in [0.4, 0.5) is 8.78 Å². The lowest BCUT2D eigenvalue weighted by atomic mass is 10.0. The molecule has 0 bridgehead atoms. The van der Waals surface area contributed by atoms with E-state index in [1.165, 1.54) is 24.3 Å². The second-order valence-corrected chi connectivity index (χ2v) is 12.4. The van der Waals surface area contributed by atoms with Crippen LogP contribution in [0.15, 0.2) is 109 Å². The normalized spacial score (nSPS) is 18.6. The van der Waals surface area contributed by atoms with E-state index in [0.29, 0.717) is 26.2 Å². The van der Waals surface area contributed by atoms with Gasteiger partial charge in [0.1, 0.15) is 11.6 Å². The van der Waals surface area contributed by atoms with Gasteiger partial charge in [-0.1, -0.05) is 84.9 Å². The minimum absolute atomic E-state index is 0.00819. The van der Waals surface area contributed by atoms with Crippen LogP contribution in [0.25, 0.3) is 0 Å². The minimum Gasteiger partial charge on any atom is -0.289 e. The summed E-state index contributed by atoms with van der Waals surface area (Å²) in [6.45, 7) is 1.85. The highest BCUT2D eigenvalue weighted by molar-refractivity contribution is 7.91. The van der Waals surface area contributed by atoms with Gasteiger partial charge in [-0.3, -0.25) is 9.80 Å². The van der Waals surface area contributed by atoms with Crippen molar-refractivity contribution >= 4 is 9.84 Å². The van der Waals surface area contributed by atoms with Crippen molar-refractivity contribution in [2.75, 3.05) is 11.5 Å². The third-order valence-corrected chi connectivity index (χ3v) is 8.94. The van der Waals surface area contributed by atoms with Crippen molar-refractivity contribution in [1.82, 2.24) is 9.80 Å². The van der Waals surface area contributed by atoms with Gasteiger partial charge in [0.2, 0.25) is 0 Å². The largest absolute Gasteiger partial charge is 0.289 e. The van der Waals surface area contributed by atoms with Gasteiger partial charge in [-0.15, -0.1) is 0 Å². The van der Waals surface area contributed by atoms with Gasteiger partial charge in [0.15, 0.2) is 9.84 Å². The molecule has 2 atom stereocenters. The van der Waals surface area contributed by atoms with E-state index in [4.69, 9.17) is 0 Å². The molecule has 0 unspecified atom stereocenters. The topological polar surface area (TPSA) is 40.6 Å². The fourth-order valence-corrected chi connectivity index (χ4v) is 7.51. The third-order valence-electron chi connectivity index (χ3n) is 7.24. The summed E-state index contributed by atoms with van der Waals surface area (Å²) in [6.07, 6.45) is 0. The Morgan fingerprint density at radius 1 is 0.538 bits per heavy atom. The van der Waals surface area contributed by atoms with E-state index in [9.17, 15) is 17.2 Å². The van der Waals surface area contributed by atoms with Crippen molar-refractivity contribution in [1.29, 1.82) is 0 Å². The second-order valence-electron chi connectivity index (χ2n) is 10.3. The predicted octanol–water partition coefficient (Wildman–Crippen LogP) is 5.84. The third kappa shape index (κ3) is 7.38. The maximum absolute atomic E-state index is 14.1. The molecule has 1 saturated heterocycles. The lowest BCUT2D eigenvalue weighted by Crippen LogP contribution is -2.50.